The molecule has 3 aromatic rings. The van der Waals surface area contributed by atoms with Crippen LogP contribution in [0.4, 0.5) is 5.69 Å². The van der Waals surface area contributed by atoms with Crippen molar-refractivity contribution in [1.29, 1.82) is 0 Å². The molecule has 0 aromatic heterocycles. The number of fused-ring (bicyclic) bond motifs is 1. The lowest BCUT2D eigenvalue weighted by Gasteiger charge is -2.28. The monoisotopic (exact) mass is 384 g/mol. The first-order valence-corrected chi connectivity index (χ1v) is 9.84. The highest BCUT2D eigenvalue weighted by Crippen LogP contribution is 2.34. The van der Waals surface area contributed by atoms with Gasteiger partial charge in [-0.3, -0.25) is 9.59 Å². The first-order chi connectivity index (χ1) is 14.0. The predicted molar refractivity (Wildman–Crippen MR) is 115 cm³/mol. The third-order valence-electron chi connectivity index (χ3n) is 5.49. The molecule has 0 unspecified atom stereocenters. The summed E-state index contributed by atoms with van der Waals surface area (Å²) >= 11 is 0. The van der Waals surface area contributed by atoms with Gasteiger partial charge >= 0.3 is 0 Å². The minimum absolute atomic E-state index is 0.0186. The van der Waals surface area contributed by atoms with Crippen molar-refractivity contribution in [2.75, 3.05) is 5.32 Å². The molecule has 0 saturated heterocycles. The molecule has 0 spiro atoms. The fourth-order valence-corrected chi connectivity index (χ4v) is 3.82. The number of para-hydroxylation sites is 1. The largest absolute Gasteiger partial charge is 0.327 e. The highest BCUT2D eigenvalue weighted by atomic mass is 16.2. The van der Waals surface area contributed by atoms with Gasteiger partial charge in [0.05, 0.1) is 12.5 Å². The summed E-state index contributed by atoms with van der Waals surface area (Å²) in [7, 11) is 0. The van der Waals surface area contributed by atoms with Gasteiger partial charge in [-0.05, 0) is 42.7 Å². The van der Waals surface area contributed by atoms with E-state index in [1.807, 2.05) is 91.5 Å². The molecule has 2 amide bonds. The smallest absolute Gasteiger partial charge is 0.255 e. The van der Waals surface area contributed by atoms with E-state index in [1.165, 1.54) is 0 Å². The van der Waals surface area contributed by atoms with Crippen molar-refractivity contribution < 1.29 is 9.59 Å². The second-order valence-corrected chi connectivity index (χ2v) is 7.58. The van der Waals surface area contributed by atoms with Crippen molar-refractivity contribution in [3.63, 3.8) is 0 Å². The van der Waals surface area contributed by atoms with E-state index in [1.54, 1.807) is 0 Å². The highest BCUT2D eigenvalue weighted by Gasteiger charge is 2.34. The van der Waals surface area contributed by atoms with Crippen LogP contribution in [0.2, 0.25) is 0 Å². The van der Waals surface area contributed by atoms with Gasteiger partial charge in [-0.25, -0.2) is 0 Å². The molecule has 4 nitrogen and oxygen atoms in total. The number of hydrogen-bond donors (Lipinski definition) is 1. The maximum atomic E-state index is 13.1. The molecule has 1 N–H and O–H groups in total. The summed E-state index contributed by atoms with van der Waals surface area (Å²) in [5.74, 6) is -0.122. The number of hydrogen-bond acceptors (Lipinski definition) is 2. The molecule has 146 valence electrons. The Morgan fingerprint density at radius 1 is 0.966 bits per heavy atom. The summed E-state index contributed by atoms with van der Waals surface area (Å²) in [6.45, 7) is 4.51. The van der Waals surface area contributed by atoms with Gasteiger partial charge in [-0.15, -0.1) is 0 Å². The van der Waals surface area contributed by atoms with Gasteiger partial charge in [-0.2, -0.15) is 0 Å². The molecule has 1 aliphatic heterocycles. The van der Waals surface area contributed by atoms with Crippen LogP contribution >= 0.6 is 0 Å². The zero-order valence-electron chi connectivity index (χ0n) is 16.7. The summed E-state index contributed by atoms with van der Waals surface area (Å²) in [6.07, 6.45) is 0.205. The first kappa shape index (κ1) is 18.9. The molecule has 3 aromatic carbocycles. The number of carbonyl (C=O) groups excluding carboxylic acids is 2. The third kappa shape index (κ3) is 3.92. The Morgan fingerprint density at radius 2 is 1.66 bits per heavy atom. The number of carbonyl (C=O) groups is 2. The van der Waals surface area contributed by atoms with Gasteiger partial charge in [0.15, 0.2) is 0 Å². The molecule has 1 heterocycles. The van der Waals surface area contributed by atoms with Crippen molar-refractivity contribution in [3.8, 4) is 0 Å². The molecule has 0 bridgehead atoms. The second-order valence-electron chi connectivity index (χ2n) is 7.58. The van der Waals surface area contributed by atoms with Gasteiger partial charge in [0.2, 0.25) is 5.91 Å². The lowest BCUT2D eigenvalue weighted by molar-refractivity contribution is -0.117. The average Bonchev–Trinajstić information content (AvgIpc) is 3.05. The summed E-state index contributed by atoms with van der Waals surface area (Å²) in [5, 5.41) is 3.00. The molecule has 1 atom stereocenters. The van der Waals surface area contributed by atoms with Gasteiger partial charge < -0.3 is 10.2 Å². The Kier molecular flexibility index (Phi) is 5.17. The highest BCUT2D eigenvalue weighted by molar-refractivity contribution is 5.99. The van der Waals surface area contributed by atoms with Crippen molar-refractivity contribution >= 4 is 17.5 Å². The average molecular weight is 384 g/mol. The van der Waals surface area contributed by atoms with Crippen LogP contribution in [0.1, 0.15) is 45.1 Å². The van der Waals surface area contributed by atoms with E-state index in [0.29, 0.717) is 6.54 Å². The van der Waals surface area contributed by atoms with E-state index >= 15 is 0 Å². The van der Waals surface area contributed by atoms with Crippen molar-refractivity contribution in [2.24, 2.45) is 0 Å². The zero-order valence-corrected chi connectivity index (χ0v) is 16.7. The summed E-state index contributed by atoms with van der Waals surface area (Å²) in [4.78, 5) is 27.8. The topological polar surface area (TPSA) is 49.4 Å². The van der Waals surface area contributed by atoms with Crippen LogP contribution < -0.4 is 5.32 Å². The molecule has 1 aliphatic rings. The minimum Gasteiger partial charge on any atom is -0.327 e. The van der Waals surface area contributed by atoms with E-state index < -0.39 is 0 Å². The molecule has 4 heteroatoms. The lowest BCUT2D eigenvalue weighted by Crippen LogP contribution is -2.32. The number of nitrogens with zero attached hydrogens (tertiary/aromatic N) is 1. The summed E-state index contributed by atoms with van der Waals surface area (Å²) < 4.78 is 0. The van der Waals surface area contributed by atoms with Crippen LogP contribution in [0.3, 0.4) is 0 Å². The number of aryl methyl sites for hydroxylation is 2. The quantitative estimate of drug-likeness (QED) is 0.671. The molecular weight excluding hydrogens is 360 g/mol. The fraction of sp³-hybridized carbons (Fsp3) is 0.200. The minimum atomic E-state index is -0.320. The van der Waals surface area contributed by atoms with Crippen LogP contribution in [0, 0.1) is 13.8 Å². The van der Waals surface area contributed by atoms with Gasteiger partial charge in [0.1, 0.15) is 0 Å². The number of amides is 2. The van der Waals surface area contributed by atoms with E-state index in [4.69, 9.17) is 0 Å². The molecule has 0 saturated carbocycles. The second kappa shape index (κ2) is 7.92. The Labute approximate surface area is 171 Å². The number of nitrogens with one attached hydrogen (secondary N) is 1. The molecule has 0 fully saturated rings. The molecule has 4 rings (SSSR count). The maximum absolute atomic E-state index is 13.1. The van der Waals surface area contributed by atoms with Crippen molar-refractivity contribution in [3.05, 3.63) is 101 Å². The van der Waals surface area contributed by atoms with Gasteiger partial charge in [0, 0.05) is 17.8 Å². The Bertz CT molecular complexity index is 1060. The number of rotatable bonds is 5. The molecular formula is C25H24N2O2. The Balaban J connectivity index is 1.61. The SMILES string of the molecule is Cc1ccc([C@@H](CC(=O)Nc2ccccc2C)N2Cc3ccccc3C2=O)cc1. The van der Waals surface area contributed by atoms with Crippen molar-refractivity contribution in [1.82, 2.24) is 4.90 Å². The van der Waals surface area contributed by atoms with E-state index in [9.17, 15) is 9.59 Å². The summed E-state index contributed by atoms with van der Waals surface area (Å²) in [6, 6.07) is 23.1. The Hall–Kier alpha value is -3.40. The molecule has 0 radical (unpaired) electrons. The van der Waals surface area contributed by atoms with Gasteiger partial charge in [-0.1, -0.05) is 66.2 Å². The predicted octanol–water partition coefficient (Wildman–Crippen LogP) is 5.03. The van der Waals surface area contributed by atoms with Crippen LogP contribution in [0.25, 0.3) is 0 Å². The van der Waals surface area contributed by atoms with E-state index in [2.05, 4.69) is 5.32 Å². The number of benzene rings is 3. The lowest BCUT2D eigenvalue weighted by atomic mass is 10.00. The van der Waals surface area contributed by atoms with Crippen molar-refractivity contribution in [2.45, 2.75) is 32.9 Å². The third-order valence-corrected chi connectivity index (χ3v) is 5.49. The molecule has 0 aliphatic carbocycles. The number of anilines is 1. The van der Waals surface area contributed by atoms with Crippen LogP contribution in [0.5, 0.6) is 0 Å². The summed E-state index contributed by atoms with van der Waals surface area (Å²) in [5.41, 5.74) is 5.66. The zero-order chi connectivity index (χ0) is 20.4. The van der Waals surface area contributed by atoms with E-state index in [0.717, 1.165) is 33.5 Å². The Morgan fingerprint density at radius 3 is 2.38 bits per heavy atom. The standard InChI is InChI=1S/C25H24N2O2/c1-17-11-13-19(14-12-17)23(15-24(28)26-22-10-6-3-7-18(22)2)27-16-20-8-4-5-9-21(20)25(27)29/h3-14,23H,15-16H2,1-2H3,(H,26,28)/t23-/m1/s1. The van der Waals surface area contributed by atoms with Gasteiger partial charge in [0.25, 0.3) is 5.91 Å². The van der Waals surface area contributed by atoms with E-state index in [-0.39, 0.29) is 24.3 Å². The van der Waals surface area contributed by atoms with Crippen LogP contribution in [0.15, 0.2) is 72.8 Å². The van der Waals surface area contributed by atoms with Crippen LogP contribution in [-0.2, 0) is 11.3 Å². The first-order valence-electron chi connectivity index (χ1n) is 9.84. The maximum Gasteiger partial charge on any atom is 0.255 e. The van der Waals surface area contributed by atoms with Crippen LogP contribution in [-0.4, -0.2) is 16.7 Å². The molecule has 29 heavy (non-hydrogen) atoms. The normalized spacial score (nSPS) is 13.9. The fourth-order valence-electron chi connectivity index (χ4n) is 3.82.